The van der Waals surface area contributed by atoms with Crippen LogP contribution in [-0.4, -0.2) is 16.6 Å². The molecule has 0 amide bonds. The minimum atomic E-state index is -1.53. The number of nitro benzene ring substituents is 1. The van der Waals surface area contributed by atoms with Crippen molar-refractivity contribution in [3.8, 4) is 0 Å². The number of nitrogens with zero attached hydrogens (tertiary/aromatic N) is 1. The summed E-state index contributed by atoms with van der Waals surface area (Å²) in [4.78, 5) is 9.28. The Bertz CT molecular complexity index is 398. The third-order valence-electron chi connectivity index (χ3n) is 1.85. The van der Waals surface area contributed by atoms with Crippen LogP contribution < -0.4 is 5.73 Å². The third-order valence-corrected chi connectivity index (χ3v) is 1.85. The van der Waals surface area contributed by atoms with Gasteiger partial charge in [-0.15, -0.1) is 0 Å². The fraction of sp³-hybridized carbons (Fsp3) is 0.250. The molecule has 1 unspecified atom stereocenters. The van der Waals surface area contributed by atoms with Gasteiger partial charge in [-0.3, -0.25) is 10.1 Å². The Morgan fingerprint density at radius 2 is 2.13 bits per heavy atom. The molecule has 0 spiro atoms. The van der Waals surface area contributed by atoms with Gasteiger partial charge >= 0.3 is 5.69 Å². The lowest BCUT2D eigenvalue weighted by atomic mass is 10.1. The van der Waals surface area contributed by atoms with Gasteiger partial charge in [0.15, 0.2) is 5.82 Å². The van der Waals surface area contributed by atoms with Crippen LogP contribution in [-0.2, 0) is 0 Å². The highest BCUT2D eigenvalue weighted by Crippen LogP contribution is 2.24. The summed E-state index contributed by atoms with van der Waals surface area (Å²) in [5.74, 6) is -2.89. The predicted molar refractivity (Wildman–Crippen MR) is 47.0 cm³/mol. The molecule has 0 aliphatic heterocycles. The van der Waals surface area contributed by atoms with E-state index in [0.717, 1.165) is 12.1 Å². The second kappa shape index (κ2) is 4.28. The smallest absolute Gasteiger partial charge is 0.308 e. The van der Waals surface area contributed by atoms with Crippen molar-refractivity contribution in [3.63, 3.8) is 0 Å². The van der Waals surface area contributed by atoms with Crippen molar-refractivity contribution in [1.29, 1.82) is 0 Å². The summed E-state index contributed by atoms with van der Waals surface area (Å²) in [6.07, 6.45) is 0. The van der Waals surface area contributed by atoms with E-state index >= 15 is 0 Å². The lowest BCUT2D eigenvalue weighted by Gasteiger charge is -2.08. The van der Waals surface area contributed by atoms with Crippen LogP contribution in [0.25, 0.3) is 0 Å². The standard InChI is InChI=1S/C8H8F2N2O3/c9-5-1-4(6(11)3-13)2-7(8(5)10)12(14)15/h1-2,6,13H,3,11H2. The van der Waals surface area contributed by atoms with Crippen molar-refractivity contribution >= 4 is 5.69 Å². The number of hydrogen-bond acceptors (Lipinski definition) is 4. The molecule has 7 heteroatoms. The number of hydrogen-bond donors (Lipinski definition) is 2. The summed E-state index contributed by atoms with van der Waals surface area (Å²) >= 11 is 0. The van der Waals surface area contributed by atoms with Crippen LogP contribution in [0.3, 0.4) is 0 Å². The Morgan fingerprint density at radius 1 is 1.53 bits per heavy atom. The molecule has 0 fully saturated rings. The number of nitro groups is 1. The van der Waals surface area contributed by atoms with Crippen LogP contribution in [0.5, 0.6) is 0 Å². The topological polar surface area (TPSA) is 89.4 Å². The lowest BCUT2D eigenvalue weighted by Crippen LogP contribution is -2.15. The van der Waals surface area contributed by atoms with Crippen LogP contribution in [0, 0.1) is 21.7 Å². The molecular weight excluding hydrogens is 210 g/mol. The van der Waals surface area contributed by atoms with E-state index in [2.05, 4.69) is 0 Å². The van der Waals surface area contributed by atoms with Gasteiger partial charge in [-0.05, 0) is 11.6 Å². The number of benzene rings is 1. The zero-order valence-electron chi connectivity index (χ0n) is 7.48. The molecule has 1 rings (SSSR count). The molecule has 0 saturated heterocycles. The van der Waals surface area contributed by atoms with Gasteiger partial charge in [-0.1, -0.05) is 0 Å². The first kappa shape index (κ1) is 11.5. The highest BCUT2D eigenvalue weighted by atomic mass is 19.2. The molecule has 1 aromatic carbocycles. The first-order chi connectivity index (χ1) is 6.97. The van der Waals surface area contributed by atoms with Gasteiger partial charge in [0.05, 0.1) is 17.6 Å². The predicted octanol–water partition coefficient (Wildman–Crippen LogP) is 0.865. The second-order valence-corrected chi connectivity index (χ2v) is 2.88. The molecule has 0 aromatic heterocycles. The van der Waals surface area contributed by atoms with Crippen molar-refractivity contribution in [2.24, 2.45) is 5.73 Å². The maximum atomic E-state index is 12.9. The number of aliphatic hydroxyl groups excluding tert-OH is 1. The molecule has 5 nitrogen and oxygen atoms in total. The average molecular weight is 218 g/mol. The molecule has 0 bridgehead atoms. The first-order valence-electron chi connectivity index (χ1n) is 3.97. The van der Waals surface area contributed by atoms with E-state index in [4.69, 9.17) is 10.8 Å². The van der Waals surface area contributed by atoms with Crippen LogP contribution >= 0.6 is 0 Å². The van der Waals surface area contributed by atoms with Gasteiger partial charge in [0.25, 0.3) is 0 Å². The van der Waals surface area contributed by atoms with Gasteiger partial charge in [0.2, 0.25) is 5.82 Å². The Labute approximate surface area is 83.3 Å². The molecule has 82 valence electrons. The summed E-state index contributed by atoms with van der Waals surface area (Å²) in [5.41, 5.74) is 4.30. The van der Waals surface area contributed by atoms with E-state index in [1.165, 1.54) is 0 Å². The van der Waals surface area contributed by atoms with Crippen LogP contribution in [0.1, 0.15) is 11.6 Å². The molecule has 0 aliphatic rings. The fourth-order valence-electron chi connectivity index (χ4n) is 1.05. The average Bonchev–Trinajstić information content (AvgIpc) is 2.20. The van der Waals surface area contributed by atoms with E-state index in [1.54, 1.807) is 0 Å². The van der Waals surface area contributed by atoms with Crippen molar-refractivity contribution in [3.05, 3.63) is 39.4 Å². The Kier molecular flexibility index (Phi) is 3.28. The lowest BCUT2D eigenvalue weighted by molar-refractivity contribution is -0.387. The number of rotatable bonds is 3. The van der Waals surface area contributed by atoms with Crippen LogP contribution in [0.4, 0.5) is 14.5 Å². The number of nitrogens with two attached hydrogens (primary N) is 1. The highest BCUT2D eigenvalue weighted by Gasteiger charge is 2.21. The minimum absolute atomic E-state index is 0.0249. The van der Waals surface area contributed by atoms with Crippen LogP contribution in [0.2, 0.25) is 0 Å². The highest BCUT2D eigenvalue weighted by molar-refractivity contribution is 5.38. The molecule has 0 saturated carbocycles. The molecular formula is C8H8F2N2O3. The summed E-state index contributed by atoms with van der Waals surface area (Å²) in [5, 5.41) is 19.0. The second-order valence-electron chi connectivity index (χ2n) is 2.88. The maximum absolute atomic E-state index is 12.9. The quantitative estimate of drug-likeness (QED) is 0.581. The van der Waals surface area contributed by atoms with Gasteiger partial charge in [-0.25, -0.2) is 4.39 Å². The fourth-order valence-corrected chi connectivity index (χ4v) is 1.05. The monoisotopic (exact) mass is 218 g/mol. The molecule has 1 aromatic rings. The van der Waals surface area contributed by atoms with Crippen molar-refractivity contribution in [2.75, 3.05) is 6.61 Å². The number of aliphatic hydroxyl groups is 1. The van der Waals surface area contributed by atoms with Crippen molar-refractivity contribution < 1.29 is 18.8 Å². The van der Waals surface area contributed by atoms with E-state index < -0.39 is 34.9 Å². The Morgan fingerprint density at radius 3 is 2.60 bits per heavy atom. The molecule has 0 heterocycles. The Hall–Kier alpha value is -1.60. The SMILES string of the molecule is NC(CO)c1cc(F)c(F)c([N+](=O)[O-])c1. The molecule has 0 aliphatic carbocycles. The van der Waals surface area contributed by atoms with Crippen molar-refractivity contribution in [1.82, 2.24) is 0 Å². The largest absolute Gasteiger partial charge is 0.394 e. The zero-order valence-corrected chi connectivity index (χ0v) is 7.48. The molecule has 3 N–H and O–H groups in total. The molecule has 15 heavy (non-hydrogen) atoms. The van der Waals surface area contributed by atoms with E-state index in [1.807, 2.05) is 0 Å². The third kappa shape index (κ3) is 2.25. The van der Waals surface area contributed by atoms with Crippen LogP contribution in [0.15, 0.2) is 12.1 Å². The molecule has 0 radical (unpaired) electrons. The van der Waals surface area contributed by atoms with E-state index in [9.17, 15) is 18.9 Å². The van der Waals surface area contributed by atoms with E-state index in [-0.39, 0.29) is 5.56 Å². The van der Waals surface area contributed by atoms with Gasteiger partial charge in [0, 0.05) is 6.07 Å². The summed E-state index contributed by atoms with van der Waals surface area (Å²) in [6, 6.07) is 0.557. The first-order valence-corrected chi connectivity index (χ1v) is 3.97. The maximum Gasteiger partial charge on any atom is 0.308 e. The Balaban J connectivity index is 3.29. The van der Waals surface area contributed by atoms with Crippen molar-refractivity contribution in [2.45, 2.75) is 6.04 Å². The van der Waals surface area contributed by atoms with Gasteiger partial charge in [0.1, 0.15) is 0 Å². The normalized spacial score (nSPS) is 12.5. The van der Waals surface area contributed by atoms with Gasteiger partial charge < -0.3 is 10.8 Å². The minimum Gasteiger partial charge on any atom is -0.394 e. The van der Waals surface area contributed by atoms with E-state index in [0.29, 0.717) is 0 Å². The number of halogens is 2. The summed E-state index contributed by atoms with van der Waals surface area (Å²) in [6.45, 7) is -0.512. The summed E-state index contributed by atoms with van der Waals surface area (Å²) < 4.78 is 25.8. The summed E-state index contributed by atoms with van der Waals surface area (Å²) in [7, 11) is 0. The molecule has 1 atom stereocenters. The van der Waals surface area contributed by atoms with Gasteiger partial charge in [-0.2, -0.15) is 4.39 Å². The zero-order chi connectivity index (χ0) is 11.6.